The summed E-state index contributed by atoms with van der Waals surface area (Å²) in [4.78, 5) is 11.4. The summed E-state index contributed by atoms with van der Waals surface area (Å²) >= 11 is 0. The third kappa shape index (κ3) is 6.00. The van der Waals surface area contributed by atoms with Crippen molar-refractivity contribution in [2.24, 2.45) is 5.92 Å². The van der Waals surface area contributed by atoms with Crippen LogP contribution in [0, 0.1) is 17.2 Å². The number of carbonyl (C=O) groups is 1. The van der Waals surface area contributed by atoms with Gasteiger partial charge in [-0.3, -0.25) is 4.79 Å². The van der Waals surface area contributed by atoms with E-state index < -0.39 is 5.41 Å². The Morgan fingerprint density at radius 1 is 1.06 bits per heavy atom. The molecule has 2 aromatic carbocycles. The zero-order valence-corrected chi connectivity index (χ0v) is 21.3. The van der Waals surface area contributed by atoms with E-state index in [9.17, 15) is 10.1 Å². The molecule has 1 atom stereocenters. The fourth-order valence-corrected chi connectivity index (χ4v) is 5.02. The highest BCUT2D eigenvalue weighted by molar-refractivity contribution is 5.86. The number of nitriles is 1. The second-order valence-corrected chi connectivity index (χ2v) is 9.34. The molecule has 0 aliphatic heterocycles. The molecule has 1 amide bonds. The maximum atomic E-state index is 11.4. The van der Waals surface area contributed by atoms with Crippen LogP contribution in [0.15, 0.2) is 109 Å². The standard InChI is InChI=1S/C30H33N3O.ClH/c1-5-25-19-18-24(23-33(3,4)21-13-20-32-29(34)6-2)28(22-31)30(25,26-14-9-7-10-15-26)27-16-11-8-12-17-27;/h5-12,14-19,28H,1-2,13,20-21,23H2,3-4H3;1H. The van der Waals surface area contributed by atoms with Gasteiger partial charge in [0.15, 0.2) is 0 Å². The molecule has 1 aliphatic rings. The van der Waals surface area contributed by atoms with Crippen molar-refractivity contribution in [2.45, 2.75) is 11.8 Å². The van der Waals surface area contributed by atoms with Gasteiger partial charge in [-0.1, -0.05) is 92.0 Å². The summed E-state index contributed by atoms with van der Waals surface area (Å²) in [6.45, 7) is 9.82. The van der Waals surface area contributed by atoms with Gasteiger partial charge in [0.25, 0.3) is 0 Å². The van der Waals surface area contributed by atoms with E-state index in [1.807, 2.05) is 42.5 Å². The van der Waals surface area contributed by atoms with E-state index in [2.05, 4.69) is 75.1 Å². The highest BCUT2D eigenvalue weighted by atomic mass is 35.5. The van der Waals surface area contributed by atoms with Gasteiger partial charge in [0, 0.05) is 18.5 Å². The zero-order chi connectivity index (χ0) is 24.6. The summed E-state index contributed by atoms with van der Waals surface area (Å²) in [6, 6.07) is 23.3. The average molecular weight is 488 g/mol. The number of nitrogens with one attached hydrogen (secondary N) is 1. The average Bonchev–Trinajstić information content (AvgIpc) is 2.86. The Morgan fingerprint density at radius 3 is 2.11 bits per heavy atom. The Balaban J connectivity index is 0.00000432. The first-order valence-corrected chi connectivity index (χ1v) is 11.7. The molecular formula is C30H34ClN3O. The van der Waals surface area contributed by atoms with Crippen LogP contribution in [0.2, 0.25) is 0 Å². The first kappa shape index (κ1) is 27.9. The summed E-state index contributed by atoms with van der Waals surface area (Å²) in [5.41, 5.74) is 3.66. The van der Waals surface area contributed by atoms with E-state index in [0.29, 0.717) is 11.0 Å². The number of benzene rings is 2. The first-order chi connectivity index (χ1) is 16.4. The minimum absolute atomic E-state index is 0. The molecule has 0 saturated carbocycles. The number of likely N-dealkylation sites (N-methyl/N-ethyl adjacent to an activating group) is 1. The lowest BCUT2D eigenvalue weighted by atomic mass is 9.58. The molecule has 0 heterocycles. The van der Waals surface area contributed by atoms with Crippen molar-refractivity contribution in [1.82, 2.24) is 5.32 Å². The number of rotatable bonds is 10. The van der Waals surface area contributed by atoms with Crippen LogP contribution < -0.4 is 17.7 Å². The molecule has 3 rings (SSSR count). The third-order valence-corrected chi connectivity index (χ3v) is 6.58. The molecule has 0 bridgehead atoms. The molecule has 1 aliphatic carbocycles. The van der Waals surface area contributed by atoms with E-state index in [1.54, 1.807) is 0 Å². The van der Waals surface area contributed by atoms with Crippen molar-refractivity contribution in [3.8, 4) is 6.07 Å². The predicted molar refractivity (Wildman–Crippen MR) is 139 cm³/mol. The number of hydrogen-bond donors (Lipinski definition) is 1. The number of hydrogen-bond acceptors (Lipinski definition) is 2. The normalized spacial score (nSPS) is 16.5. The molecule has 35 heavy (non-hydrogen) atoms. The molecule has 182 valence electrons. The largest absolute Gasteiger partial charge is 1.00 e. The molecule has 0 aromatic heterocycles. The number of allylic oxidation sites excluding steroid dienone is 4. The molecule has 2 aromatic rings. The van der Waals surface area contributed by atoms with Crippen LogP contribution in [0.25, 0.3) is 0 Å². The van der Waals surface area contributed by atoms with E-state index in [-0.39, 0.29) is 24.2 Å². The summed E-state index contributed by atoms with van der Waals surface area (Å²) < 4.78 is 0.713. The van der Waals surface area contributed by atoms with Crippen LogP contribution in [-0.2, 0) is 10.2 Å². The fourth-order valence-electron chi connectivity index (χ4n) is 5.02. The Labute approximate surface area is 216 Å². The molecular weight excluding hydrogens is 454 g/mol. The number of nitrogens with zero attached hydrogens (tertiary/aromatic N) is 2. The van der Waals surface area contributed by atoms with Crippen LogP contribution in [-0.4, -0.2) is 44.1 Å². The summed E-state index contributed by atoms with van der Waals surface area (Å²) in [6.07, 6.45) is 8.25. The van der Waals surface area contributed by atoms with Gasteiger partial charge in [0.2, 0.25) is 5.91 Å². The molecule has 5 heteroatoms. The first-order valence-electron chi connectivity index (χ1n) is 11.7. The highest BCUT2D eigenvalue weighted by Crippen LogP contribution is 2.50. The van der Waals surface area contributed by atoms with Crippen molar-refractivity contribution in [1.29, 1.82) is 5.26 Å². The fraction of sp³-hybridized carbons (Fsp3) is 0.267. The van der Waals surface area contributed by atoms with Crippen LogP contribution in [0.5, 0.6) is 0 Å². The smallest absolute Gasteiger partial charge is 0.243 e. The van der Waals surface area contributed by atoms with Crippen LogP contribution in [0.1, 0.15) is 17.5 Å². The highest BCUT2D eigenvalue weighted by Gasteiger charge is 2.48. The van der Waals surface area contributed by atoms with Crippen molar-refractivity contribution in [2.75, 3.05) is 33.7 Å². The van der Waals surface area contributed by atoms with E-state index in [1.165, 1.54) is 6.08 Å². The maximum Gasteiger partial charge on any atom is 0.243 e. The van der Waals surface area contributed by atoms with Gasteiger partial charge in [0.05, 0.1) is 38.0 Å². The Bertz CT molecular complexity index is 1090. The van der Waals surface area contributed by atoms with Crippen LogP contribution in [0.3, 0.4) is 0 Å². The van der Waals surface area contributed by atoms with Gasteiger partial charge in [-0.05, 0) is 22.8 Å². The Hall–Kier alpha value is -3.39. The van der Waals surface area contributed by atoms with Gasteiger partial charge in [0.1, 0.15) is 6.54 Å². The topological polar surface area (TPSA) is 52.9 Å². The second kappa shape index (κ2) is 12.4. The zero-order valence-electron chi connectivity index (χ0n) is 20.6. The predicted octanol–water partition coefficient (Wildman–Crippen LogP) is 1.94. The van der Waals surface area contributed by atoms with E-state index in [4.69, 9.17) is 0 Å². The third-order valence-electron chi connectivity index (χ3n) is 6.58. The second-order valence-electron chi connectivity index (χ2n) is 9.34. The van der Waals surface area contributed by atoms with Crippen molar-refractivity contribution < 1.29 is 21.7 Å². The molecule has 0 spiro atoms. The lowest BCUT2D eigenvalue weighted by Crippen LogP contribution is -3.00. The lowest BCUT2D eigenvalue weighted by molar-refractivity contribution is -0.886. The maximum absolute atomic E-state index is 11.4. The van der Waals surface area contributed by atoms with Crippen LogP contribution >= 0.6 is 0 Å². The van der Waals surface area contributed by atoms with E-state index >= 15 is 0 Å². The molecule has 4 nitrogen and oxygen atoms in total. The molecule has 1 N–H and O–H groups in total. The number of carbonyl (C=O) groups excluding carboxylic acids is 1. The molecule has 1 unspecified atom stereocenters. The van der Waals surface area contributed by atoms with Gasteiger partial charge in [-0.2, -0.15) is 5.26 Å². The summed E-state index contributed by atoms with van der Waals surface area (Å²) in [7, 11) is 4.34. The molecule has 0 radical (unpaired) electrons. The minimum atomic E-state index is -0.638. The Morgan fingerprint density at radius 2 is 1.63 bits per heavy atom. The SMILES string of the molecule is C=CC(=O)NCCC[N+](C)(C)CC1=CC=C(C=C)C(c2ccccc2)(c2ccccc2)C1C#N.[Cl-]. The summed E-state index contributed by atoms with van der Waals surface area (Å²) in [5.74, 6) is -0.532. The number of quaternary nitrogens is 1. The molecule has 0 saturated heterocycles. The van der Waals surface area contributed by atoms with Crippen LogP contribution in [0.4, 0.5) is 0 Å². The lowest BCUT2D eigenvalue weighted by Gasteiger charge is -2.44. The van der Waals surface area contributed by atoms with Crippen molar-refractivity contribution in [3.63, 3.8) is 0 Å². The van der Waals surface area contributed by atoms with E-state index in [0.717, 1.165) is 41.8 Å². The van der Waals surface area contributed by atoms with Gasteiger partial charge < -0.3 is 22.2 Å². The quantitative estimate of drug-likeness (QED) is 0.316. The van der Waals surface area contributed by atoms with Gasteiger partial charge >= 0.3 is 0 Å². The number of amides is 1. The van der Waals surface area contributed by atoms with Crippen molar-refractivity contribution in [3.05, 3.63) is 120 Å². The van der Waals surface area contributed by atoms with Gasteiger partial charge in [-0.25, -0.2) is 0 Å². The minimum Gasteiger partial charge on any atom is -1.00 e. The number of halogens is 1. The monoisotopic (exact) mass is 487 g/mol. The van der Waals surface area contributed by atoms with Crippen molar-refractivity contribution >= 4 is 5.91 Å². The molecule has 0 fully saturated rings. The Kier molecular flexibility index (Phi) is 9.83. The summed E-state index contributed by atoms with van der Waals surface area (Å²) in [5, 5.41) is 13.5. The van der Waals surface area contributed by atoms with Gasteiger partial charge in [-0.15, -0.1) is 0 Å².